The molecule has 238 valence electrons. The van der Waals surface area contributed by atoms with Crippen molar-refractivity contribution in [2.24, 2.45) is 17.6 Å². The number of likely N-dealkylation sites (N-methyl/N-ethyl adjacent to an activating group) is 2. The van der Waals surface area contributed by atoms with Crippen molar-refractivity contribution in [3.63, 3.8) is 0 Å². The molecule has 0 radical (unpaired) electrons. The molecule has 3 aliphatic rings. The third-order valence-corrected chi connectivity index (χ3v) is 8.98. The number of aliphatic hydroxyl groups is 3. The number of phenolic OH excluding ortho intramolecular Hbond substituents is 1. The molecule has 45 heavy (non-hydrogen) atoms. The normalized spacial score (nSPS) is 24.5. The number of hydrogen-bond acceptors (Lipinski definition) is 10. The standard InChI is InChI=1S/C32H35FN4O8/c1-36(2)11-10-35-31(44)17-7-5-6-16(24(17)33)15-8-9-20(38)22-18(15)12-14-13-19-25(37(3)4)27(40)23(30(34)43)29(42)32(19,45)28(41)21(14)26(22)39/h5-9,14,19,25,38-39,42,45H,10-13H2,1-4H3,(H2,34,43)(H,35,44)/t14-,19-,25-,32-/m0/s1. The quantitative estimate of drug-likeness (QED) is 0.243. The Morgan fingerprint density at radius 3 is 2.38 bits per heavy atom. The molecule has 12 nitrogen and oxygen atoms in total. The second kappa shape index (κ2) is 11.4. The number of halogens is 1. The highest BCUT2D eigenvalue weighted by atomic mass is 19.1. The lowest BCUT2D eigenvalue weighted by atomic mass is 9.57. The summed E-state index contributed by atoms with van der Waals surface area (Å²) < 4.78 is 15.9. The Morgan fingerprint density at radius 1 is 1.07 bits per heavy atom. The molecule has 0 bridgehead atoms. The van der Waals surface area contributed by atoms with Gasteiger partial charge in [-0.05, 0) is 70.2 Å². The van der Waals surface area contributed by atoms with Gasteiger partial charge in [0.05, 0.1) is 17.2 Å². The lowest BCUT2D eigenvalue weighted by molar-refractivity contribution is -0.153. The molecule has 0 aliphatic heterocycles. The van der Waals surface area contributed by atoms with E-state index in [0.717, 1.165) is 0 Å². The highest BCUT2D eigenvalue weighted by Crippen LogP contribution is 2.53. The van der Waals surface area contributed by atoms with E-state index in [1.807, 2.05) is 19.0 Å². The van der Waals surface area contributed by atoms with Crippen LogP contribution in [0.3, 0.4) is 0 Å². The van der Waals surface area contributed by atoms with Gasteiger partial charge in [0.15, 0.2) is 11.4 Å². The number of nitrogens with zero attached hydrogens (tertiary/aromatic N) is 2. The summed E-state index contributed by atoms with van der Waals surface area (Å²) in [4.78, 5) is 55.6. The van der Waals surface area contributed by atoms with E-state index >= 15 is 4.39 Å². The summed E-state index contributed by atoms with van der Waals surface area (Å²) in [6, 6.07) is 5.73. The maximum Gasteiger partial charge on any atom is 0.255 e. The zero-order valence-corrected chi connectivity index (χ0v) is 25.2. The lowest BCUT2D eigenvalue weighted by Gasteiger charge is -2.50. The van der Waals surface area contributed by atoms with Gasteiger partial charge >= 0.3 is 0 Å². The summed E-state index contributed by atoms with van der Waals surface area (Å²) >= 11 is 0. The minimum absolute atomic E-state index is 0.0205. The van der Waals surface area contributed by atoms with Crippen LogP contribution in [0.15, 0.2) is 47.2 Å². The number of aliphatic hydroxyl groups excluding tert-OH is 2. The Bertz CT molecular complexity index is 1710. The summed E-state index contributed by atoms with van der Waals surface area (Å²) in [5.74, 6) is -9.16. The van der Waals surface area contributed by atoms with Crippen LogP contribution >= 0.6 is 0 Å². The van der Waals surface area contributed by atoms with Crippen molar-refractivity contribution in [2.45, 2.75) is 24.5 Å². The van der Waals surface area contributed by atoms with Gasteiger partial charge in [-0.2, -0.15) is 0 Å². The fourth-order valence-electron chi connectivity index (χ4n) is 6.90. The molecule has 0 saturated heterocycles. The zero-order valence-electron chi connectivity index (χ0n) is 25.2. The summed E-state index contributed by atoms with van der Waals surface area (Å²) in [7, 11) is 6.69. The van der Waals surface area contributed by atoms with Crippen molar-refractivity contribution in [3.8, 4) is 16.9 Å². The van der Waals surface area contributed by atoms with Gasteiger partial charge in [0.2, 0.25) is 5.78 Å². The van der Waals surface area contributed by atoms with Crippen molar-refractivity contribution in [1.29, 1.82) is 0 Å². The molecule has 2 amide bonds. The third kappa shape index (κ3) is 4.87. The van der Waals surface area contributed by atoms with Crippen LogP contribution in [-0.4, -0.2) is 107 Å². The monoisotopic (exact) mass is 622 g/mol. The first-order valence-electron chi connectivity index (χ1n) is 14.3. The van der Waals surface area contributed by atoms with Gasteiger partial charge in [-0.1, -0.05) is 18.2 Å². The molecule has 5 rings (SSSR count). The van der Waals surface area contributed by atoms with E-state index in [0.29, 0.717) is 6.54 Å². The van der Waals surface area contributed by atoms with Gasteiger partial charge in [-0.3, -0.25) is 24.1 Å². The van der Waals surface area contributed by atoms with Crippen LogP contribution in [0.5, 0.6) is 5.75 Å². The highest BCUT2D eigenvalue weighted by Gasteiger charge is 2.64. The summed E-state index contributed by atoms with van der Waals surface area (Å²) in [5, 5.41) is 47.7. The molecule has 13 heteroatoms. The van der Waals surface area contributed by atoms with Crippen molar-refractivity contribution in [3.05, 3.63) is 69.7 Å². The van der Waals surface area contributed by atoms with Crippen LogP contribution in [0.2, 0.25) is 0 Å². The average Bonchev–Trinajstić information content (AvgIpc) is 2.95. The van der Waals surface area contributed by atoms with E-state index < -0.39 is 75.5 Å². The SMILES string of the molecule is CN(C)CCNC(=O)c1cccc(-c2ccc(O)c3c2C[C@H]2C[C@H]4[C@H](N(C)C)C(=O)C(C(N)=O)=C(O)[C@@]4(O)C(=O)C2=C3O)c1F. The number of ketones is 2. The number of amides is 2. The minimum atomic E-state index is -2.77. The first-order valence-corrected chi connectivity index (χ1v) is 14.3. The maximum atomic E-state index is 15.9. The zero-order chi connectivity index (χ0) is 33.1. The second-order valence-electron chi connectivity index (χ2n) is 12.2. The van der Waals surface area contributed by atoms with Crippen molar-refractivity contribution in [1.82, 2.24) is 15.1 Å². The highest BCUT2D eigenvalue weighted by molar-refractivity contribution is 6.24. The first kappa shape index (κ1) is 31.8. The Hall–Kier alpha value is -4.59. The Balaban J connectivity index is 1.65. The van der Waals surface area contributed by atoms with Crippen LogP contribution < -0.4 is 11.1 Å². The fourth-order valence-corrected chi connectivity index (χ4v) is 6.90. The molecule has 0 unspecified atom stereocenters. The number of nitrogens with two attached hydrogens (primary N) is 1. The average molecular weight is 623 g/mol. The van der Waals surface area contributed by atoms with Crippen molar-refractivity contribution >= 4 is 29.1 Å². The van der Waals surface area contributed by atoms with Gasteiger partial charge < -0.3 is 36.4 Å². The van der Waals surface area contributed by atoms with Gasteiger partial charge in [0.1, 0.15) is 28.7 Å². The number of benzene rings is 2. The summed E-state index contributed by atoms with van der Waals surface area (Å²) in [5.41, 5.74) is 1.55. The van der Waals surface area contributed by atoms with E-state index in [-0.39, 0.29) is 52.8 Å². The fraction of sp³-hybridized carbons (Fsp3) is 0.375. The number of phenols is 1. The number of nitrogens with one attached hydrogen (secondary N) is 1. The molecule has 0 heterocycles. The first-order chi connectivity index (χ1) is 21.1. The topological polar surface area (TPSA) is 194 Å². The third-order valence-electron chi connectivity index (χ3n) is 8.98. The minimum Gasteiger partial charge on any atom is -0.508 e. The summed E-state index contributed by atoms with van der Waals surface area (Å²) in [6.45, 7) is 0.831. The Labute approximate surface area is 258 Å². The predicted molar refractivity (Wildman–Crippen MR) is 161 cm³/mol. The van der Waals surface area contributed by atoms with E-state index in [9.17, 15) is 39.6 Å². The molecule has 4 atom stereocenters. The largest absolute Gasteiger partial charge is 0.508 e. The molecule has 2 aromatic carbocycles. The van der Waals surface area contributed by atoms with Crippen LogP contribution in [0.25, 0.3) is 16.9 Å². The Kier molecular flexibility index (Phi) is 8.06. The molecule has 1 fully saturated rings. The van der Waals surface area contributed by atoms with Gasteiger partial charge in [0.25, 0.3) is 11.8 Å². The smallest absolute Gasteiger partial charge is 0.255 e. The van der Waals surface area contributed by atoms with E-state index in [4.69, 9.17) is 5.73 Å². The lowest BCUT2D eigenvalue weighted by Crippen LogP contribution is -2.65. The molecular weight excluding hydrogens is 587 g/mol. The molecule has 0 aromatic heterocycles. The van der Waals surface area contributed by atoms with Gasteiger partial charge in [-0.15, -0.1) is 0 Å². The molecule has 2 aromatic rings. The maximum absolute atomic E-state index is 15.9. The van der Waals surface area contributed by atoms with Crippen LogP contribution in [0.4, 0.5) is 4.39 Å². The number of carbonyl (C=O) groups excluding carboxylic acids is 4. The number of fused-ring (bicyclic) bond motifs is 3. The second-order valence-corrected chi connectivity index (χ2v) is 12.2. The van der Waals surface area contributed by atoms with E-state index in [2.05, 4.69) is 5.32 Å². The van der Waals surface area contributed by atoms with Crippen molar-refractivity contribution < 1.29 is 44.0 Å². The van der Waals surface area contributed by atoms with Crippen LogP contribution in [-0.2, 0) is 20.8 Å². The number of rotatable bonds is 7. The number of primary amides is 1. The number of hydrogen-bond donors (Lipinski definition) is 6. The molecule has 0 spiro atoms. The molecule has 3 aliphatic carbocycles. The Morgan fingerprint density at radius 2 is 1.76 bits per heavy atom. The van der Waals surface area contributed by atoms with Gasteiger partial charge in [-0.25, -0.2) is 4.39 Å². The molecular formula is C32H35FN4O8. The summed E-state index contributed by atoms with van der Waals surface area (Å²) in [6.07, 6.45) is -0.144. The number of Topliss-reactive ketones (excluding diaryl/α,β-unsaturated/α-hetero) is 2. The van der Waals surface area contributed by atoms with Crippen LogP contribution in [0.1, 0.15) is 27.9 Å². The van der Waals surface area contributed by atoms with Gasteiger partial charge in [0, 0.05) is 30.1 Å². The van der Waals surface area contributed by atoms with E-state index in [1.165, 1.54) is 49.3 Å². The number of carbonyl (C=O) groups is 4. The van der Waals surface area contributed by atoms with E-state index in [1.54, 1.807) is 0 Å². The number of aromatic hydroxyl groups is 1. The molecule has 1 saturated carbocycles. The molecule has 7 N–H and O–H groups in total. The predicted octanol–water partition coefficient (Wildman–Crippen LogP) is 1.06. The van der Waals surface area contributed by atoms with Crippen LogP contribution in [0, 0.1) is 17.7 Å². The van der Waals surface area contributed by atoms with Crippen molar-refractivity contribution in [2.75, 3.05) is 41.3 Å².